The zero-order valence-corrected chi connectivity index (χ0v) is 19.2. The summed E-state index contributed by atoms with van der Waals surface area (Å²) in [4.78, 5) is 18.1. The summed E-state index contributed by atoms with van der Waals surface area (Å²) in [6, 6.07) is 13.4. The molecule has 2 heterocycles. The van der Waals surface area contributed by atoms with Crippen LogP contribution >= 0.6 is 11.3 Å². The second-order valence-corrected chi connectivity index (χ2v) is 8.10. The van der Waals surface area contributed by atoms with Crippen molar-refractivity contribution in [3.8, 4) is 22.9 Å². The van der Waals surface area contributed by atoms with Crippen LogP contribution in [-0.2, 0) is 6.42 Å². The van der Waals surface area contributed by atoms with Crippen LogP contribution in [-0.4, -0.2) is 40.3 Å². The molecule has 0 radical (unpaired) electrons. The van der Waals surface area contributed by atoms with E-state index < -0.39 is 0 Å². The molecule has 0 fully saturated rings. The number of hydrogen-bond acceptors (Lipinski definition) is 6. The molecule has 0 saturated heterocycles. The smallest absolute Gasteiger partial charge is 0.251 e. The number of rotatable bonds is 9. The molecule has 0 unspecified atom stereocenters. The summed E-state index contributed by atoms with van der Waals surface area (Å²) in [7, 11) is 0. The predicted molar refractivity (Wildman–Crippen MR) is 126 cm³/mol. The van der Waals surface area contributed by atoms with E-state index in [-0.39, 0.29) is 5.91 Å². The van der Waals surface area contributed by atoms with E-state index in [1.807, 2.05) is 35.9 Å². The van der Waals surface area contributed by atoms with Crippen LogP contribution < -0.4 is 14.8 Å². The van der Waals surface area contributed by atoms with Crippen molar-refractivity contribution in [2.45, 2.75) is 27.2 Å². The number of carbonyl (C=O) groups is 1. The molecule has 0 aliphatic rings. The lowest BCUT2D eigenvalue weighted by Crippen LogP contribution is -2.26. The van der Waals surface area contributed by atoms with Crippen LogP contribution in [0, 0.1) is 6.92 Å². The van der Waals surface area contributed by atoms with E-state index in [0.717, 1.165) is 16.2 Å². The van der Waals surface area contributed by atoms with Gasteiger partial charge in [0, 0.05) is 29.5 Å². The first-order chi connectivity index (χ1) is 15.6. The number of thiazole rings is 1. The lowest BCUT2D eigenvalue weighted by atomic mass is 10.1. The molecule has 2 aromatic heterocycles. The molecule has 7 nitrogen and oxygen atoms in total. The molecule has 1 N–H and O–H groups in total. The van der Waals surface area contributed by atoms with E-state index >= 15 is 0 Å². The minimum absolute atomic E-state index is 0.153. The van der Waals surface area contributed by atoms with Gasteiger partial charge in [-0.2, -0.15) is 4.98 Å². The number of aromatic nitrogens is 3. The number of amides is 1. The summed E-state index contributed by atoms with van der Waals surface area (Å²) < 4.78 is 13.0. The summed E-state index contributed by atoms with van der Waals surface area (Å²) in [5.41, 5.74) is 3.72. The van der Waals surface area contributed by atoms with Crippen LogP contribution in [0.5, 0.6) is 11.5 Å². The van der Waals surface area contributed by atoms with Gasteiger partial charge in [0.2, 0.25) is 4.96 Å². The minimum Gasteiger partial charge on any atom is -0.490 e. The second-order valence-electron chi connectivity index (χ2n) is 7.26. The number of hydrogen-bond donors (Lipinski definition) is 1. The largest absolute Gasteiger partial charge is 0.490 e. The lowest BCUT2D eigenvalue weighted by molar-refractivity contribution is 0.0953. The van der Waals surface area contributed by atoms with Gasteiger partial charge >= 0.3 is 0 Å². The van der Waals surface area contributed by atoms with E-state index in [0.29, 0.717) is 49.1 Å². The van der Waals surface area contributed by atoms with Crippen LogP contribution in [0.1, 0.15) is 35.5 Å². The molecule has 32 heavy (non-hydrogen) atoms. The summed E-state index contributed by atoms with van der Waals surface area (Å²) in [5.74, 6) is 1.78. The van der Waals surface area contributed by atoms with Gasteiger partial charge in [0.05, 0.1) is 18.9 Å². The summed E-state index contributed by atoms with van der Waals surface area (Å²) in [5, 5.41) is 9.68. The summed E-state index contributed by atoms with van der Waals surface area (Å²) >= 11 is 1.55. The molecule has 0 aliphatic heterocycles. The van der Waals surface area contributed by atoms with Gasteiger partial charge in [-0.15, -0.1) is 16.4 Å². The zero-order valence-electron chi connectivity index (χ0n) is 18.4. The van der Waals surface area contributed by atoms with Gasteiger partial charge in [-0.3, -0.25) is 4.79 Å². The Hall–Kier alpha value is -3.39. The molecule has 2 aromatic carbocycles. The Balaban J connectivity index is 1.42. The van der Waals surface area contributed by atoms with Gasteiger partial charge in [0.15, 0.2) is 17.3 Å². The highest BCUT2D eigenvalue weighted by molar-refractivity contribution is 7.15. The quantitative estimate of drug-likeness (QED) is 0.405. The molecule has 0 spiro atoms. The van der Waals surface area contributed by atoms with Crippen molar-refractivity contribution in [3.05, 3.63) is 64.7 Å². The van der Waals surface area contributed by atoms with Crippen LogP contribution in [0.4, 0.5) is 0 Å². The average Bonchev–Trinajstić information content (AvgIpc) is 3.37. The molecule has 0 saturated carbocycles. The third kappa shape index (κ3) is 4.75. The summed E-state index contributed by atoms with van der Waals surface area (Å²) in [6.07, 6.45) is 0.650. The monoisotopic (exact) mass is 450 g/mol. The topological polar surface area (TPSA) is 77.8 Å². The number of fused-ring (bicyclic) bond motifs is 1. The first-order valence-electron chi connectivity index (χ1n) is 10.7. The van der Waals surface area contributed by atoms with Gasteiger partial charge in [-0.05, 0) is 45.0 Å². The molecular weight excluding hydrogens is 424 g/mol. The molecule has 1 amide bonds. The Bertz CT molecular complexity index is 1230. The Labute approximate surface area is 191 Å². The molecule has 0 aliphatic carbocycles. The number of ether oxygens (including phenoxy) is 2. The molecule has 166 valence electrons. The van der Waals surface area contributed by atoms with Crippen molar-refractivity contribution in [1.82, 2.24) is 19.9 Å². The maximum Gasteiger partial charge on any atom is 0.251 e. The first-order valence-corrected chi connectivity index (χ1v) is 11.5. The lowest BCUT2D eigenvalue weighted by Gasteiger charge is -2.12. The van der Waals surface area contributed by atoms with Gasteiger partial charge in [-0.1, -0.05) is 23.8 Å². The zero-order chi connectivity index (χ0) is 22.5. The Morgan fingerprint density at radius 1 is 1.09 bits per heavy atom. The number of nitrogens with one attached hydrogen (secondary N) is 1. The van der Waals surface area contributed by atoms with Crippen molar-refractivity contribution < 1.29 is 14.3 Å². The number of carbonyl (C=O) groups excluding carboxylic acids is 1. The predicted octanol–water partition coefficient (Wildman–Crippen LogP) is 4.54. The highest BCUT2D eigenvalue weighted by Crippen LogP contribution is 2.28. The van der Waals surface area contributed by atoms with E-state index in [2.05, 4.69) is 34.5 Å². The van der Waals surface area contributed by atoms with Crippen LogP contribution in [0.2, 0.25) is 0 Å². The Kier molecular flexibility index (Phi) is 6.70. The Morgan fingerprint density at radius 3 is 2.69 bits per heavy atom. The fourth-order valence-corrected chi connectivity index (χ4v) is 4.26. The van der Waals surface area contributed by atoms with E-state index in [1.54, 1.807) is 29.5 Å². The van der Waals surface area contributed by atoms with Crippen LogP contribution in [0.3, 0.4) is 0 Å². The average molecular weight is 451 g/mol. The maximum atomic E-state index is 12.6. The molecule has 4 aromatic rings. The fraction of sp³-hybridized carbons (Fsp3) is 0.292. The van der Waals surface area contributed by atoms with Gasteiger partial charge < -0.3 is 14.8 Å². The van der Waals surface area contributed by atoms with E-state index in [4.69, 9.17) is 9.47 Å². The SMILES string of the molecule is CCOc1ccc(C(=O)NCCc2csc3nc(-c4cccc(C)c4)nn23)cc1OCC. The third-order valence-electron chi connectivity index (χ3n) is 4.90. The van der Waals surface area contributed by atoms with Crippen molar-refractivity contribution in [3.63, 3.8) is 0 Å². The number of nitrogens with zero attached hydrogens (tertiary/aromatic N) is 3. The van der Waals surface area contributed by atoms with Crippen molar-refractivity contribution in [1.29, 1.82) is 0 Å². The summed E-state index contributed by atoms with van der Waals surface area (Å²) in [6.45, 7) is 7.39. The molecule has 4 rings (SSSR count). The highest BCUT2D eigenvalue weighted by atomic mass is 32.1. The molecular formula is C24H26N4O3S. The normalized spacial score (nSPS) is 11.0. The van der Waals surface area contributed by atoms with Gasteiger partial charge in [0.25, 0.3) is 5.91 Å². The Morgan fingerprint density at radius 2 is 1.91 bits per heavy atom. The number of aryl methyl sites for hydroxylation is 1. The van der Waals surface area contributed by atoms with Crippen LogP contribution in [0.25, 0.3) is 16.3 Å². The standard InChI is InChI=1S/C24H26N4O3S/c1-4-30-20-10-9-18(14-21(20)31-5-2)23(29)25-12-11-19-15-32-24-26-22(27-28(19)24)17-8-6-7-16(3)13-17/h6-10,13-15H,4-5,11-12H2,1-3H3,(H,25,29). The van der Waals surface area contributed by atoms with Gasteiger partial charge in [-0.25, -0.2) is 4.52 Å². The molecule has 0 atom stereocenters. The minimum atomic E-state index is -0.153. The van der Waals surface area contributed by atoms with E-state index in [9.17, 15) is 4.79 Å². The van der Waals surface area contributed by atoms with Crippen molar-refractivity contribution >= 4 is 22.2 Å². The maximum absolute atomic E-state index is 12.6. The van der Waals surface area contributed by atoms with Crippen molar-refractivity contribution in [2.24, 2.45) is 0 Å². The second kappa shape index (κ2) is 9.82. The fourth-order valence-electron chi connectivity index (χ4n) is 3.40. The molecule has 0 bridgehead atoms. The molecule has 8 heteroatoms. The number of benzene rings is 2. The van der Waals surface area contributed by atoms with E-state index in [1.165, 1.54) is 5.56 Å². The third-order valence-corrected chi connectivity index (χ3v) is 5.76. The van der Waals surface area contributed by atoms with Crippen molar-refractivity contribution in [2.75, 3.05) is 19.8 Å². The first kappa shape index (κ1) is 21.8. The highest BCUT2D eigenvalue weighted by Gasteiger charge is 2.14. The van der Waals surface area contributed by atoms with Crippen LogP contribution in [0.15, 0.2) is 47.8 Å². The van der Waals surface area contributed by atoms with Gasteiger partial charge in [0.1, 0.15) is 0 Å².